The lowest BCUT2D eigenvalue weighted by Crippen LogP contribution is -2.11. The zero-order chi connectivity index (χ0) is 14.5. The summed E-state index contributed by atoms with van der Waals surface area (Å²) in [6, 6.07) is 10.9. The number of hydrogen-bond acceptors (Lipinski definition) is 2. The minimum Gasteiger partial charge on any atom is -0.324 e. The van der Waals surface area contributed by atoms with Gasteiger partial charge in [-0.2, -0.15) is 12.6 Å². The van der Waals surface area contributed by atoms with Gasteiger partial charge in [-0.05, 0) is 59.6 Å². The van der Waals surface area contributed by atoms with Gasteiger partial charge in [0.05, 0.1) is 0 Å². The summed E-state index contributed by atoms with van der Waals surface area (Å²) in [6.07, 6.45) is 1.17. The normalized spacial score (nSPS) is 12.4. The van der Waals surface area contributed by atoms with Gasteiger partial charge >= 0.3 is 0 Å². The second-order valence-corrected chi connectivity index (χ2v) is 5.27. The Morgan fingerprint density at radius 2 is 1.75 bits per heavy atom. The van der Waals surface area contributed by atoms with Crippen LogP contribution in [0.15, 0.2) is 42.5 Å². The van der Waals surface area contributed by atoms with Gasteiger partial charge in [0.1, 0.15) is 11.6 Å². The monoisotopic (exact) mass is 293 g/mol. The maximum Gasteiger partial charge on any atom is 0.123 e. The van der Waals surface area contributed by atoms with Gasteiger partial charge in [-0.3, -0.25) is 0 Å². The second-order valence-electron chi connectivity index (χ2n) is 4.82. The molecule has 106 valence electrons. The summed E-state index contributed by atoms with van der Waals surface area (Å²) >= 11 is 4.14. The fourth-order valence-corrected chi connectivity index (χ4v) is 2.46. The van der Waals surface area contributed by atoms with Crippen LogP contribution in [-0.4, -0.2) is 5.75 Å². The number of hydrogen-bond donors (Lipinski definition) is 2. The SMILES string of the molecule is NC(CCS)c1cc(F)cc(Cc2cccc(F)c2)c1. The molecule has 2 N–H and O–H groups in total. The molecule has 0 bridgehead atoms. The molecular formula is C16H17F2NS. The molecule has 0 amide bonds. The highest BCUT2D eigenvalue weighted by Crippen LogP contribution is 2.20. The van der Waals surface area contributed by atoms with Gasteiger partial charge in [0.15, 0.2) is 0 Å². The van der Waals surface area contributed by atoms with Crippen LogP contribution in [0, 0.1) is 11.6 Å². The number of halogens is 2. The van der Waals surface area contributed by atoms with Gasteiger partial charge in [0.2, 0.25) is 0 Å². The molecule has 0 saturated carbocycles. The van der Waals surface area contributed by atoms with Crippen molar-refractivity contribution in [3.8, 4) is 0 Å². The highest BCUT2D eigenvalue weighted by molar-refractivity contribution is 7.80. The molecular weight excluding hydrogens is 276 g/mol. The molecule has 0 aliphatic carbocycles. The fourth-order valence-electron chi connectivity index (χ4n) is 2.18. The molecule has 0 aliphatic rings. The molecule has 0 saturated heterocycles. The molecule has 0 aliphatic heterocycles. The first-order valence-electron chi connectivity index (χ1n) is 6.48. The van der Waals surface area contributed by atoms with Gasteiger partial charge < -0.3 is 5.73 Å². The van der Waals surface area contributed by atoms with Gasteiger partial charge in [0, 0.05) is 6.04 Å². The predicted octanol–water partition coefficient (Wildman–Crippen LogP) is 3.88. The molecule has 1 nitrogen and oxygen atoms in total. The summed E-state index contributed by atoms with van der Waals surface area (Å²) in [6.45, 7) is 0. The summed E-state index contributed by atoms with van der Waals surface area (Å²) in [5.74, 6) is 0.0473. The molecule has 2 rings (SSSR count). The van der Waals surface area contributed by atoms with Crippen LogP contribution in [0.5, 0.6) is 0 Å². The third-order valence-electron chi connectivity index (χ3n) is 3.15. The maximum atomic E-state index is 13.7. The molecule has 0 heterocycles. The Labute approximate surface area is 123 Å². The summed E-state index contributed by atoms with van der Waals surface area (Å²) < 4.78 is 26.8. The Hall–Kier alpha value is -1.39. The van der Waals surface area contributed by atoms with Crippen molar-refractivity contribution in [3.63, 3.8) is 0 Å². The molecule has 0 spiro atoms. The maximum absolute atomic E-state index is 13.7. The van der Waals surface area contributed by atoms with E-state index in [1.165, 1.54) is 24.3 Å². The van der Waals surface area contributed by atoms with E-state index in [2.05, 4.69) is 12.6 Å². The summed E-state index contributed by atoms with van der Waals surface area (Å²) in [5.41, 5.74) is 8.34. The van der Waals surface area contributed by atoms with Crippen molar-refractivity contribution in [1.82, 2.24) is 0 Å². The first kappa shape index (κ1) is 15.0. The Morgan fingerprint density at radius 3 is 2.45 bits per heavy atom. The summed E-state index contributed by atoms with van der Waals surface area (Å²) in [4.78, 5) is 0. The van der Waals surface area contributed by atoms with E-state index in [0.717, 1.165) is 16.7 Å². The lowest BCUT2D eigenvalue weighted by atomic mass is 9.98. The lowest BCUT2D eigenvalue weighted by molar-refractivity contribution is 0.614. The lowest BCUT2D eigenvalue weighted by Gasteiger charge is -2.13. The third kappa shape index (κ3) is 4.05. The van der Waals surface area contributed by atoms with Gasteiger partial charge in [-0.15, -0.1) is 0 Å². The van der Waals surface area contributed by atoms with Crippen LogP contribution in [0.1, 0.15) is 29.2 Å². The molecule has 2 aromatic carbocycles. The number of thiol groups is 1. The van der Waals surface area contributed by atoms with E-state index in [1.807, 2.05) is 12.1 Å². The average molecular weight is 293 g/mol. The Balaban J connectivity index is 2.23. The standard InChI is InChI=1S/C16H17F2NS/c17-14-3-1-2-11(8-14)6-12-7-13(10-15(18)9-12)16(19)4-5-20/h1-3,7-10,16,20H,4-6,19H2. The molecule has 4 heteroatoms. The van der Waals surface area contributed by atoms with Crippen molar-refractivity contribution in [2.45, 2.75) is 18.9 Å². The fraction of sp³-hybridized carbons (Fsp3) is 0.250. The van der Waals surface area contributed by atoms with E-state index >= 15 is 0 Å². The molecule has 0 radical (unpaired) electrons. The van der Waals surface area contributed by atoms with E-state index in [4.69, 9.17) is 5.73 Å². The van der Waals surface area contributed by atoms with Crippen LogP contribution in [-0.2, 0) is 6.42 Å². The Morgan fingerprint density at radius 1 is 1.00 bits per heavy atom. The van der Waals surface area contributed by atoms with Gasteiger partial charge in [-0.1, -0.05) is 18.2 Å². The van der Waals surface area contributed by atoms with Crippen molar-refractivity contribution in [3.05, 3.63) is 70.8 Å². The molecule has 1 unspecified atom stereocenters. The number of nitrogens with two attached hydrogens (primary N) is 1. The average Bonchev–Trinajstić information content (AvgIpc) is 2.38. The van der Waals surface area contributed by atoms with Gasteiger partial charge in [-0.25, -0.2) is 8.78 Å². The van der Waals surface area contributed by atoms with Crippen LogP contribution >= 0.6 is 12.6 Å². The highest BCUT2D eigenvalue weighted by Gasteiger charge is 2.09. The van der Waals surface area contributed by atoms with E-state index < -0.39 is 0 Å². The molecule has 2 aromatic rings. The van der Waals surface area contributed by atoms with E-state index in [-0.39, 0.29) is 17.7 Å². The van der Waals surface area contributed by atoms with E-state index in [0.29, 0.717) is 18.6 Å². The van der Waals surface area contributed by atoms with Crippen molar-refractivity contribution in [2.24, 2.45) is 5.73 Å². The highest BCUT2D eigenvalue weighted by atomic mass is 32.1. The number of benzene rings is 2. The quantitative estimate of drug-likeness (QED) is 0.804. The summed E-state index contributed by atoms with van der Waals surface area (Å²) in [7, 11) is 0. The van der Waals surface area contributed by atoms with Crippen LogP contribution < -0.4 is 5.73 Å². The zero-order valence-corrected chi connectivity index (χ0v) is 11.9. The van der Waals surface area contributed by atoms with Crippen molar-refractivity contribution >= 4 is 12.6 Å². The van der Waals surface area contributed by atoms with Crippen molar-refractivity contribution in [2.75, 3.05) is 5.75 Å². The largest absolute Gasteiger partial charge is 0.324 e. The minimum atomic E-state index is -0.316. The minimum absolute atomic E-state index is 0.227. The van der Waals surface area contributed by atoms with Gasteiger partial charge in [0.25, 0.3) is 0 Å². The van der Waals surface area contributed by atoms with Crippen LogP contribution in [0.3, 0.4) is 0 Å². The Kier molecular flexibility index (Phi) is 5.15. The van der Waals surface area contributed by atoms with Crippen molar-refractivity contribution in [1.29, 1.82) is 0 Å². The molecule has 0 fully saturated rings. The van der Waals surface area contributed by atoms with Crippen LogP contribution in [0.2, 0.25) is 0 Å². The predicted molar refractivity (Wildman–Crippen MR) is 81.0 cm³/mol. The smallest absolute Gasteiger partial charge is 0.123 e. The third-order valence-corrected chi connectivity index (χ3v) is 3.40. The molecule has 20 heavy (non-hydrogen) atoms. The van der Waals surface area contributed by atoms with Crippen molar-refractivity contribution < 1.29 is 8.78 Å². The topological polar surface area (TPSA) is 26.0 Å². The first-order chi connectivity index (χ1) is 9.58. The van der Waals surface area contributed by atoms with E-state index in [9.17, 15) is 8.78 Å². The zero-order valence-electron chi connectivity index (χ0n) is 11.0. The van der Waals surface area contributed by atoms with E-state index in [1.54, 1.807) is 6.07 Å². The molecule has 1 atom stereocenters. The Bertz CT molecular complexity index is 586. The summed E-state index contributed by atoms with van der Waals surface area (Å²) in [5, 5.41) is 0. The van der Waals surface area contributed by atoms with Crippen LogP contribution in [0.25, 0.3) is 0 Å². The number of rotatable bonds is 5. The first-order valence-corrected chi connectivity index (χ1v) is 7.12. The van der Waals surface area contributed by atoms with Crippen LogP contribution in [0.4, 0.5) is 8.78 Å². The second kappa shape index (κ2) is 6.86. The molecule has 0 aromatic heterocycles.